The lowest BCUT2D eigenvalue weighted by Crippen LogP contribution is -2.35. The molecule has 0 aliphatic carbocycles. The Labute approximate surface area is 145 Å². The van der Waals surface area contributed by atoms with Gasteiger partial charge in [0.1, 0.15) is 0 Å². The summed E-state index contributed by atoms with van der Waals surface area (Å²) in [5.41, 5.74) is 6.00. The molecule has 25 heavy (non-hydrogen) atoms. The Morgan fingerprint density at radius 1 is 1.36 bits per heavy atom. The van der Waals surface area contributed by atoms with E-state index in [1.54, 1.807) is 0 Å². The number of nitrogens with zero attached hydrogens (tertiary/aromatic N) is 2. The van der Waals surface area contributed by atoms with Crippen LogP contribution in [0.2, 0.25) is 0 Å². The van der Waals surface area contributed by atoms with Crippen molar-refractivity contribution in [3.8, 4) is 0 Å². The Morgan fingerprint density at radius 2 is 1.96 bits per heavy atom. The van der Waals surface area contributed by atoms with Crippen LogP contribution in [0.5, 0.6) is 0 Å². The normalized spacial score (nSPS) is 17.5. The first-order chi connectivity index (χ1) is 11.8. The average molecular weight is 347 g/mol. The van der Waals surface area contributed by atoms with Gasteiger partial charge in [-0.3, -0.25) is 19.7 Å². The SMILES string of the molecule is CC(C)CC(=O)C1=C(O)C(=O)N(CCN)C1c1ccc([N+](=O)[O-])cc1. The van der Waals surface area contributed by atoms with Crippen LogP contribution in [0.4, 0.5) is 5.69 Å². The van der Waals surface area contributed by atoms with Gasteiger partial charge in [-0.15, -0.1) is 0 Å². The molecule has 1 atom stereocenters. The molecule has 0 aromatic heterocycles. The van der Waals surface area contributed by atoms with Crippen LogP contribution in [-0.4, -0.2) is 39.7 Å². The maximum absolute atomic E-state index is 12.6. The summed E-state index contributed by atoms with van der Waals surface area (Å²) in [5.74, 6) is -1.48. The van der Waals surface area contributed by atoms with E-state index in [-0.39, 0.29) is 42.5 Å². The molecule has 0 bridgehead atoms. The molecule has 0 spiro atoms. The molecule has 8 heteroatoms. The maximum Gasteiger partial charge on any atom is 0.290 e. The number of nitro groups is 1. The maximum atomic E-state index is 12.6. The first-order valence-electron chi connectivity index (χ1n) is 7.99. The van der Waals surface area contributed by atoms with Crippen LogP contribution in [0.15, 0.2) is 35.6 Å². The zero-order valence-corrected chi connectivity index (χ0v) is 14.1. The van der Waals surface area contributed by atoms with Gasteiger partial charge in [-0.25, -0.2) is 0 Å². The number of nitrogens with two attached hydrogens (primary N) is 1. The van der Waals surface area contributed by atoms with E-state index in [1.807, 2.05) is 13.8 Å². The number of carbonyl (C=O) groups excluding carboxylic acids is 2. The molecule has 8 nitrogen and oxygen atoms in total. The van der Waals surface area contributed by atoms with Gasteiger partial charge >= 0.3 is 0 Å². The zero-order valence-electron chi connectivity index (χ0n) is 14.1. The fraction of sp³-hybridized carbons (Fsp3) is 0.412. The smallest absolute Gasteiger partial charge is 0.290 e. The topological polar surface area (TPSA) is 127 Å². The minimum Gasteiger partial charge on any atom is -0.503 e. The number of hydrogen-bond acceptors (Lipinski definition) is 6. The number of amides is 1. The predicted octanol–water partition coefficient (Wildman–Crippen LogP) is 1.86. The largest absolute Gasteiger partial charge is 0.503 e. The summed E-state index contributed by atoms with van der Waals surface area (Å²) in [6, 6.07) is 4.80. The van der Waals surface area contributed by atoms with Gasteiger partial charge in [0.15, 0.2) is 11.5 Å². The molecule has 0 fully saturated rings. The number of nitro benzene ring substituents is 1. The molecule has 1 aliphatic rings. The Morgan fingerprint density at radius 3 is 2.44 bits per heavy atom. The summed E-state index contributed by atoms with van der Waals surface area (Å²) >= 11 is 0. The van der Waals surface area contributed by atoms with Crippen molar-refractivity contribution in [3.63, 3.8) is 0 Å². The van der Waals surface area contributed by atoms with E-state index < -0.39 is 22.6 Å². The molecular formula is C17H21N3O5. The van der Waals surface area contributed by atoms with E-state index in [9.17, 15) is 24.8 Å². The molecule has 0 saturated heterocycles. The Bertz CT molecular complexity index is 724. The monoisotopic (exact) mass is 347 g/mol. The second-order valence-corrected chi connectivity index (χ2v) is 6.32. The molecule has 2 rings (SSSR count). The van der Waals surface area contributed by atoms with E-state index in [1.165, 1.54) is 29.2 Å². The second-order valence-electron chi connectivity index (χ2n) is 6.32. The van der Waals surface area contributed by atoms with Crippen molar-refractivity contribution in [2.75, 3.05) is 13.1 Å². The number of ketones is 1. The number of benzene rings is 1. The van der Waals surface area contributed by atoms with E-state index >= 15 is 0 Å². The molecule has 0 radical (unpaired) electrons. The molecule has 3 N–H and O–H groups in total. The van der Waals surface area contributed by atoms with Gasteiger partial charge in [0.2, 0.25) is 0 Å². The molecule has 0 saturated carbocycles. The van der Waals surface area contributed by atoms with E-state index in [0.29, 0.717) is 5.56 Å². The van der Waals surface area contributed by atoms with Crippen LogP contribution in [-0.2, 0) is 9.59 Å². The first kappa shape index (κ1) is 18.6. The number of carbonyl (C=O) groups is 2. The van der Waals surface area contributed by atoms with Gasteiger partial charge in [0.05, 0.1) is 16.5 Å². The highest BCUT2D eigenvalue weighted by Gasteiger charge is 2.43. The van der Waals surface area contributed by atoms with Crippen LogP contribution in [0.1, 0.15) is 31.9 Å². The van der Waals surface area contributed by atoms with Crippen molar-refractivity contribution in [2.45, 2.75) is 26.3 Å². The summed E-state index contributed by atoms with van der Waals surface area (Å²) in [4.78, 5) is 36.6. The number of non-ortho nitro benzene ring substituents is 1. The third kappa shape index (κ3) is 3.69. The first-order valence-corrected chi connectivity index (χ1v) is 7.99. The Kier molecular flexibility index (Phi) is 5.53. The molecule has 1 heterocycles. The zero-order chi connectivity index (χ0) is 18.7. The lowest BCUT2D eigenvalue weighted by Gasteiger charge is -2.26. The van der Waals surface area contributed by atoms with Gasteiger partial charge in [0.25, 0.3) is 11.6 Å². The minimum atomic E-state index is -0.789. The molecule has 134 valence electrons. The lowest BCUT2D eigenvalue weighted by molar-refractivity contribution is -0.384. The summed E-state index contributed by atoms with van der Waals surface area (Å²) in [6.45, 7) is 4.05. The highest BCUT2D eigenvalue weighted by molar-refractivity contribution is 6.09. The lowest BCUT2D eigenvalue weighted by atomic mass is 9.92. The third-order valence-electron chi connectivity index (χ3n) is 3.99. The molecule has 1 aromatic carbocycles. The van der Waals surface area contributed by atoms with Gasteiger partial charge in [-0.2, -0.15) is 0 Å². The fourth-order valence-electron chi connectivity index (χ4n) is 2.91. The van der Waals surface area contributed by atoms with Crippen molar-refractivity contribution in [2.24, 2.45) is 11.7 Å². The highest BCUT2D eigenvalue weighted by atomic mass is 16.6. The summed E-state index contributed by atoms with van der Waals surface area (Å²) < 4.78 is 0. The number of aliphatic hydroxyl groups excluding tert-OH is 1. The van der Waals surface area contributed by atoms with Gasteiger partial charge in [-0.1, -0.05) is 13.8 Å². The highest BCUT2D eigenvalue weighted by Crippen LogP contribution is 2.38. The second kappa shape index (κ2) is 7.43. The molecule has 1 unspecified atom stereocenters. The van der Waals surface area contributed by atoms with Gasteiger partial charge in [0, 0.05) is 31.6 Å². The van der Waals surface area contributed by atoms with Crippen molar-refractivity contribution < 1.29 is 19.6 Å². The van der Waals surface area contributed by atoms with Crippen molar-refractivity contribution >= 4 is 17.4 Å². The molecule has 1 amide bonds. The quantitative estimate of drug-likeness (QED) is 0.572. The van der Waals surface area contributed by atoms with Crippen molar-refractivity contribution in [1.82, 2.24) is 4.90 Å². The van der Waals surface area contributed by atoms with Crippen molar-refractivity contribution in [3.05, 3.63) is 51.3 Å². The van der Waals surface area contributed by atoms with E-state index in [0.717, 1.165) is 0 Å². The summed E-state index contributed by atoms with van der Waals surface area (Å²) in [6.07, 6.45) is 0.187. The average Bonchev–Trinajstić information content (AvgIpc) is 2.79. The molecular weight excluding hydrogens is 326 g/mol. The van der Waals surface area contributed by atoms with Gasteiger partial charge in [-0.05, 0) is 23.6 Å². The number of hydrogen-bond donors (Lipinski definition) is 2. The fourth-order valence-corrected chi connectivity index (χ4v) is 2.91. The van der Waals surface area contributed by atoms with E-state index in [2.05, 4.69) is 0 Å². The molecule has 1 aliphatic heterocycles. The van der Waals surface area contributed by atoms with Gasteiger partial charge < -0.3 is 15.7 Å². The standard InChI is InChI=1S/C17H21N3O5/c1-10(2)9-13(21)14-15(19(8-7-18)17(23)16(14)22)11-3-5-12(6-4-11)20(24)25/h3-6,10,15,22H,7-9,18H2,1-2H3. The van der Waals surface area contributed by atoms with Crippen LogP contribution in [0.25, 0.3) is 0 Å². The predicted molar refractivity (Wildman–Crippen MR) is 90.7 cm³/mol. The number of Topliss-reactive ketones (excluding diaryl/α,β-unsaturated/α-hetero) is 1. The Balaban J connectivity index is 2.48. The third-order valence-corrected chi connectivity index (χ3v) is 3.99. The summed E-state index contributed by atoms with van der Waals surface area (Å²) in [7, 11) is 0. The van der Waals surface area contributed by atoms with Crippen LogP contribution in [0, 0.1) is 16.0 Å². The molecule has 1 aromatic rings. The summed E-state index contributed by atoms with van der Waals surface area (Å²) in [5, 5.41) is 21.1. The van der Waals surface area contributed by atoms with Crippen LogP contribution < -0.4 is 5.73 Å². The van der Waals surface area contributed by atoms with Crippen LogP contribution >= 0.6 is 0 Å². The van der Waals surface area contributed by atoms with Crippen LogP contribution in [0.3, 0.4) is 0 Å². The number of aliphatic hydroxyl groups is 1. The van der Waals surface area contributed by atoms with E-state index in [4.69, 9.17) is 5.73 Å². The minimum absolute atomic E-state index is 0.0287. The van der Waals surface area contributed by atoms with Crippen molar-refractivity contribution in [1.29, 1.82) is 0 Å². The Hall–Kier alpha value is -2.74. The number of rotatable bonds is 7.